The molecule has 0 heteroatoms. The maximum absolute atomic E-state index is 2.36. The standard InChI is InChI=1S/C15H32/c1-12(2)9-13(10-14(3,4)5)11-15(6,7)8/h12-13H,9-11H2,1-8H3. The van der Waals surface area contributed by atoms with Crippen molar-refractivity contribution >= 4 is 0 Å². The predicted molar refractivity (Wildman–Crippen MR) is 71.1 cm³/mol. The Morgan fingerprint density at radius 2 is 1.07 bits per heavy atom. The molecule has 0 nitrogen and oxygen atoms in total. The maximum atomic E-state index is 2.36. The summed E-state index contributed by atoms with van der Waals surface area (Å²) in [5.74, 6) is 1.73. The lowest BCUT2D eigenvalue weighted by molar-refractivity contribution is 0.196. The largest absolute Gasteiger partial charge is 0.0628 e. The van der Waals surface area contributed by atoms with Crippen LogP contribution in [0.2, 0.25) is 0 Å². The second-order valence-electron chi connectivity index (χ2n) is 8.03. The monoisotopic (exact) mass is 212 g/mol. The smallest absolute Gasteiger partial charge is 0.0380 e. The van der Waals surface area contributed by atoms with Crippen molar-refractivity contribution in [3.63, 3.8) is 0 Å². The quantitative estimate of drug-likeness (QED) is 0.575. The van der Waals surface area contributed by atoms with Gasteiger partial charge in [-0.3, -0.25) is 0 Å². The minimum absolute atomic E-state index is 0.477. The summed E-state index contributed by atoms with van der Waals surface area (Å²) in [6.07, 6.45) is 4.11. The van der Waals surface area contributed by atoms with Gasteiger partial charge in [-0.25, -0.2) is 0 Å². The minimum Gasteiger partial charge on any atom is -0.0628 e. The van der Waals surface area contributed by atoms with Crippen LogP contribution >= 0.6 is 0 Å². The van der Waals surface area contributed by atoms with Crippen LogP contribution in [0, 0.1) is 22.7 Å². The summed E-state index contributed by atoms with van der Waals surface area (Å²) >= 11 is 0. The van der Waals surface area contributed by atoms with E-state index in [4.69, 9.17) is 0 Å². The van der Waals surface area contributed by atoms with Crippen LogP contribution < -0.4 is 0 Å². The fourth-order valence-electron chi connectivity index (χ4n) is 2.64. The molecule has 0 aliphatic carbocycles. The van der Waals surface area contributed by atoms with Crippen molar-refractivity contribution in [2.75, 3.05) is 0 Å². The molecular weight excluding hydrogens is 180 g/mol. The Kier molecular flexibility index (Phi) is 5.37. The highest BCUT2D eigenvalue weighted by atomic mass is 14.3. The molecule has 0 unspecified atom stereocenters. The van der Waals surface area contributed by atoms with Gasteiger partial charge >= 0.3 is 0 Å². The lowest BCUT2D eigenvalue weighted by atomic mass is 9.74. The van der Waals surface area contributed by atoms with Crippen molar-refractivity contribution < 1.29 is 0 Å². The Bertz CT molecular complexity index is 147. The summed E-state index contributed by atoms with van der Waals surface area (Å²) in [4.78, 5) is 0. The Hall–Kier alpha value is 0. The lowest BCUT2D eigenvalue weighted by Crippen LogP contribution is -2.20. The Morgan fingerprint density at radius 1 is 0.733 bits per heavy atom. The summed E-state index contributed by atoms with van der Waals surface area (Å²) in [7, 11) is 0. The van der Waals surface area contributed by atoms with E-state index in [9.17, 15) is 0 Å². The zero-order chi connectivity index (χ0) is 12.3. The molecule has 0 atom stereocenters. The number of hydrogen-bond acceptors (Lipinski definition) is 0. The van der Waals surface area contributed by atoms with Gasteiger partial charge in [-0.15, -0.1) is 0 Å². The molecule has 15 heavy (non-hydrogen) atoms. The van der Waals surface area contributed by atoms with Crippen molar-refractivity contribution in [1.82, 2.24) is 0 Å². The molecule has 0 aliphatic rings. The minimum atomic E-state index is 0.477. The number of hydrogen-bond donors (Lipinski definition) is 0. The van der Waals surface area contributed by atoms with Gasteiger partial charge in [0.2, 0.25) is 0 Å². The highest BCUT2D eigenvalue weighted by Gasteiger charge is 2.24. The molecule has 0 aromatic carbocycles. The molecule has 0 heterocycles. The zero-order valence-electron chi connectivity index (χ0n) is 12.3. The molecule has 92 valence electrons. The highest BCUT2D eigenvalue weighted by Crippen LogP contribution is 2.36. The Morgan fingerprint density at radius 3 is 1.27 bits per heavy atom. The third-order valence-electron chi connectivity index (χ3n) is 2.61. The van der Waals surface area contributed by atoms with E-state index in [-0.39, 0.29) is 0 Å². The third kappa shape index (κ3) is 10.3. The van der Waals surface area contributed by atoms with Crippen LogP contribution in [-0.2, 0) is 0 Å². The van der Waals surface area contributed by atoms with E-state index in [0.29, 0.717) is 10.8 Å². The first kappa shape index (κ1) is 15.0. The fourth-order valence-corrected chi connectivity index (χ4v) is 2.64. The molecule has 0 bridgehead atoms. The van der Waals surface area contributed by atoms with Gasteiger partial charge in [0, 0.05) is 0 Å². The van der Waals surface area contributed by atoms with E-state index < -0.39 is 0 Å². The number of rotatable bonds is 4. The summed E-state index contributed by atoms with van der Waals surface area (Å²) in [5.41, 5.74) is 0.954. The molecule has 0 spiro atoms. The highest BCUT2D eigenvalue weighted by molar-refractivity contribution is 4.75. The van der Waals surface area contributed by atoms with E-state index in [2.05, 4.69) is 55.4 Å². The first-order chi connectivity index (χ1) is 6.49. The van der Waals surface area contributed by atoms with Crippen molar-refractivity contribution in [3.05, 3.63) is 0 Å². The first-order valence-corrected chi connectivity index (χ1v) is 6.49. The Balaban J connectivity index is 4.32. The van der Waals surface area contributed by atoms with Crippen molar-refractivity contribution in [2.45, 2.75) is 74.7 Å². The third-order valence-corrected chi connectivity index (χ3v) is 2.61. The SMILES string of the molecule is CC(C)CC(CC(C)(C)C)CC(C)(C)C. The zero-order valence-corrected chi connectivity index (χ0v) is 12.3. The van der Waals surface area contributed by atoms with Crippen LogP contribution in [0.4, 0.5) is 0 Å². The molecule has 0 rings (SSSR count). The second kappa shape index (κ2) is 5.37. The van der Waals surface area contributed by atoms with Crippen molar-refractivity contribution in [2.24, 2.45) is 22.7 Å². The summed E-state index contributed by atoms with van der Waals surface area (Å²) < 4.78 is 0. The van der Waals surface area contributed by atoms with E-state index in [1.807, 2.05) is 0 Å². The summed E-state index contributed by atoms with van der Waals surface area (Å²) in [6.45, 7) is 18.9. The molecule has 0 fully saturated rings. The average Bonchev–Trinajstić information content (AvgIpc) is 1.73. The normalized spacial score (nSPS) is 14.0. The van der Waals surface area contributed by atoms with Crippen LogP contribution in [0.15, 0.2) is 0 Å². The van der Waals surface area contributed by atoms with E-state index in [1.165, 1.54) is 19.3 Å². The Labute approximate surface area is 97.8 Å². The molecule has 0 amide bonds. The molecule has 0 saturated carbocycles. The van der Waals surface area contributed by atoms with Crippen molar-refractivity contribution in [1.29, 1.82) is 0 Å². The molecular formula is C15H32. The molecule has 0 aliphatic heterocycles. The maximum Gasteiger partial charge on any atom is -0.0380 e. The molecule has 0 saturated heterocycles. The van der Waals surface area contributed by atoms with Crippen LogP contribution in [0.5, 0.6) is 0 Å². The lowest BCUT2D eigenvalue weighted by Gasteiger charge is -2.32. The van der Waals surface area contributed by atoms with Gasteiger partial charge in [-0.1, -0.05) is 55.4 Å². The van der Waals surface area contributed by atoms with Gasteiger partial charge in [-0.2, -0.15) is 0 Å². The summed E-state index contributed by atoms with van der Waals surface area (Å²) in [6, 6.07) is 0. The van der Waals surface area contributed by atoms with Crippen LogP contribution in [0.25, 0.3) is 0 Å². The van der Waals surface area contributed by atoms with Crippen LogP contribution in [0.1, 0.15) is 74.7 Å². The van der Waals surface area contributed by atoms with Gasteiger partial charge in [0.25, 0.3) is 0 Å². The van der Waals surface area contributed by atoms with Gasteiger partial charge in [0.1, 0.15) is 0 Å². The van der Waals surface area contributed by atoms with Crippen LogP contribution in [0.3, 0.4) is 0 Å². The van der Waals surface area contributed by atoms with E-state index in [0.717, 1.165) is 11.8 Å². The second-order valence-corrected chi connectivity index (χ2v) is 8.03. The molecule has 0 N–H and O–H groups in total. The summed E-state index contributed by atoms with van der Waals surface area (Å²) in [5, 5.41) is 0. The topological polar surface area (TPSA) is 0 Å². The van der Waals surface area contributed by atoms with Gasteiger partial charge < -0.3 is 0 Å². The molecule has 0 radical (unpaired) electrons. The van der Waals surface area contributed by atoms with Gasteiger partial charge in [0.15, 0.2) is 0 Å². The van der Waals surface area contributed by atoms with Crippen molar-refractivity contribution in [3.8, 4) is 0 Å². The van der Waals surface area contributed by atoms with Crippen LogP contribution in [-0.4, -0.2) is 0 Å². The van der Waals surface area contributed by atoms with E-state index in [1.54, 1.807) is 0 Å². The average molecular weight is 212 g/mol. The molecule has 0 aromatic rings. The first-order valence-electron chi connectivity index (χ1n) is 6.49. The molecule has 0 aromatic heterocycles. The van der Waals surface area contributed by atoms with Gasteiger partial charge in [0.05, 0.1) is 0 Å². The van der Waals surface area contributed by atoms with Gasteiger partial charge in [-0.05, 0) is 41.9 Å². The fraction of sp³-hybridized carbons (Fsp3) is 1.00. The predicted octanol–water partition coefficient (Wildman–Crippen LogP) is 5.52. The van der Waals surface area contributed by atoms with E-state index >= 15 is 0 Å².